The molecule has 1 amide bonds. The summed E-state index contributed by atoms with van der Waals surface area (Å²) in [6, 6.07) is 11.4. The third kappa shape index (κ3) is 6.48. The van der Waals surface area contributed by atoms with Crippen LogP contribution in [0.2, 0.25) is 0 Å². The van der Waals surface area contributed by atoms with E-state index >= 15 is 0 Å². The molecular formula is C28H38N7O4P. The van der Waals surface area contributed by atoms with Crippen LogP contribution in [0.25, 0.3) is 11.2 Å². The minimum atomic E-state index is -1.49. The van der Waals surface area contributed by atoms with Gasteiger partial charge < -0.3 is 19.1 Å². The van der Waals surface area contributed by atoms with Crippen LogP contribution in [-0.2, 0) is 13.8 Å². The van der Waals surface area contributed by atoms with E-state index in [0.717, 1.165) is 6.42 Å². The molecule has 214 valence electrons. The Kier molecular flexibility index (Phi) is 10.2. The number of carbonyl (C=O) groups excluding carboxylic acids is 1. The van der Waals surface area contributed by atoms with Crippen LogP contribution in [0.4, 0.5) is 5.82 Å². The number of imidazole rings is 1. The lowest BCUT2D eigenvalue weighted by molar-refractivity contribution is -0.0324. The van der Waals surface area contributed by atoms with Crippen LogP contribution in [0.15, 0.2) is 43.0 Å². The molecule has 1 N–H and O–H groups in total. The number of ether oxygens (including phenoxy) is 1. The van der Waals surface area contributed by atoms with Crippen LogP contribution in [-0.4, -0.2) is 61.0 Å². The third-order valence-electron chi connectivity index (χ3n) is 6.88. The Balaban J connectivity index is 1.66. The van der Waals surface area contributed by atoms with Crippen molar-refractivity contribution >= 4 is 31.4 Å². The second-order valence-electron chi connectivity index (χ2n) is 10.3. The second-order valence-corrected chi connectivity index (χ2v) is 11.7. The summed E-state index contributed by atoms with van der Waals surface area (Å²) in [5.41, 5.74) is 1.51. The van der Waals surface area contributed by atoms with Gasteiger partial charge in [0.2, 0.25) is 0 Å². The monoisotopic (exact) mass is 567 g/mol. The van der Waals surface area contributed by atoms with Crippen molar-refractivity contribution in [1.82, 2.24) is 24.2 Å². The van der Waals surface area contributed by atoms with Crippen molar-refractivity contribution in [3.8, 4) is 6.07 Å². The molecule has 12 heteroatoms. The van der Waals surface area contributed by atoms with Gasteiger partial charge in [0.25, 0.3) is 14.4 Å². The Hall–Kier alpha value is -3.00. The largest absolute Gasteiger partial charge is 0.352 e. The summed E-state index contributed by atoms with van der Waals surface area (Å²) in [6.45, 7) is 12.9. The molecule has 2 aromatic heterocycles. The van der Waals surface area contributed by atoms with Gasteiger partial charge in [-0.25, -0.2) is 19.6 Å². The Bertz CT molecular complexity index is 1300. The Morgan fingerprint density at radius 1 is 1.20 bits per heavy atom. The zero-order valence-corrected chi connectivity index (χ0v) is 24.8. The fourth-order valence-corrected chi connectivity index (χ4v) is 6.80. The number of nitriles is 1. The first-order valence-corrected chi connectivity index (χ1v) is 14.8. The predicted molar refractivity (Wildman–Crippen MR) is 153 cm³/mol. The lowest BCUT2D eigenvalue weighted by Crippen LogP contribution is -2.36. The number of fused-ring (bicyclic) bond motifs is 1. The average Bonchev–Trinajstić information content (AvgIpc) is 3.50. The number of benzene rings is 1. The van der Waals surface area contributed by atoms with Gasteiger partial charge >= 0.3 is 0 Å². The summed E-state index contributed by atoms with van der Waals surface area (Å²) in [4.78, 5) is 26.2. The number of nitrogens with one attached hydrogen (secondary N) is 1. The van der Waals surface area contributed by atoms with Gasteiger partial charge in [-0.3, -0.25) is 9.36 Å². The molecule has 1 unspecified atom stereocenters. The number of carbonyl (C=O) groups is 1. The molecule has 40 heavy (non-hydrogen) atoms. The molecule has 1 aromatic carbocycles. The van der Waals surface area contributed by atoms with Crippen molar-refractivity contribution in [2.75, 3.05) is 11.9 Å². The molecule has 1 fully saturated rings. The normalized spacial score (nSPS) is 21.8. The quantitative estimate of drug-likeness (QED) is 0.217. The summed E-state index contributed by atoms with van der Waals surface area (Å²) >= 11 is 0. The highest BCUT2D eigenvalue weighted by atomic mass is 31.2. The molecule has 1 saturated heterocycles. The fraction of sp³-hybridized carbons (Fsp3) is 0.536. The standard InChI is InChI=1S/C28H38N7O4P/c1-7-22-20(6)24(39-40(37-15-11-14-29)35(18(2)3)19(4)5)28(38-22)34-17-32-23-25(30-16-31-26(23)34)33-27(36)21-12-9-8-10-13-21/h8-10,12-13,16-20,22,24,28H,7,11,15H2,1-6H3,(H,30,31,33,36)/t20-,22-,24-,28-,40?/m1/s1. The zero-order valence-electron chi connectivity index (χ0n) is 23.9. The van der Waals surface area contributed by atoms with Crippen LogP contribution in [0.1, 0.15) is 71.0 Å². The van der Waals surface area contributed by atoms with Crippen LogP contribution < -0.4 is 5.32 Å². The molecule has 0 spiro atoms. The smallest absolute Gasteiger partial charge is 0.259 e. The van der Waals surface area contributed by atoms with Gasteiger partial charge in [0.05, 0.1) is 31.5 Å². The maximum Gasteiger partial charge on any atom is 0.259 e. The van der Waals surface area contributed by atoms with Crippen LogP contribution in [0.3, 0.4) is 0 Å². The SMILES string of the molecule is CC[C@H]1O[C@@H](n2cnc3c(NC(=O)c4ccccc4)ncnc32)[C@H](OP(OCCC#N)N(C(C)C)C(C)C)[C@@H]1C. The van der Waals surface area contributed by atoms with Crippen molar-refractivity contribution < 1.29 is 18.6 Å². The van der Waals surface area contributed by atoms with Gasteiger partial charge in [-0.1, -0.05) is 32.0 Å². The Labute approximate surface area is 236 Å². The third-order valence-corrected chi connectivity index (χ3v) is 9.01. The van der Waals surface area contributed by atoms with Crippen molar-refractivity contribution in [2.45, 2.75) is 84.9 Å². The predicted octanol–water partition coefficient (Wildman–Crippen LogP) is 5.68. The minimum absolute atomic E-state index is 0.0472. The molecule has 0 radical (unpaired) electrons. The van der Waals surface area contributed by atoms with E-state index in [1.807, 2.05) is 10.6 Å². The topological polar surface area (TPSA) is 127 Å². The lowest BCUT2D eigenvalue weighted by Gasteiger charge is -2.38. The maximum atomic E-state index is 12.8. The van der Waals surface area contributed by atoms with E-state index in [1.165, 1.54) is 6.33 Å². The first-order chi connectivity index (χ1) is 19.3. The first kappa shape index (κ1) is 30.0. The number of rotatable bonds is 12. The number of anilines is 1. The van der Waals surface area contributed by atoms with E-state index < -0.39 is 14.8 Å². The first-order valence-electron chi connectivity index (χ1n) is 13.7. The lowest BCUT2D eigenvalue weighted by atomic mass is 9.99. The number of aromatic nitrogens is 4. The van der Waals surface area contributed by atoms with Crippen molar-refractivity contribution in [3.05, 3.63) is 48.5 Å². The fourth-order valence-electron chi connectivity index (χ4n) is 4.99. The summed E-state index contributed by atoms with van der Waals surface area (Å²) in [7, 11) is -1.49. The van der Waals surface area contributed by atoms with Gasteiger partial charge in [0.15, 0.2) is 23.2 Å². The molecule has 3 aromatic rings. The molecule has 1 aliphatic heterocycles. The Morgan fingerprint density at radius 3 is 2.58 bits per heavy atom. The summed E-state index contributed by atoms with van der Waals surface area (Å²) in [5.74, 6) is 0.0917. The van der Waals surface area contributed by atoms with E-state index in [0.29, 0.717) is 22.5 Å². The molecule has 3 heterocycles. The molecule has 4 rings (SSSR count). The van der Waals surface area contributed by atoms with Gasteiger partial charge in [0, 0.05) is 23.6 Å². The van der Waals surface area contributed by atoms with Gasteiger partial charge in [-0.05, 0) is 46.2 Å². The highest BCUT2D eigenvalue weighted by Crippen LogP contribution is 2.52. The van der Waals surface area contributed by atoms with Gasteiger partial charge in [-0.15, -0.1) is 0 Å². The zero-order chi connectivity index (χ0) is 28.8. The number of nitrogens with zero attached hydrogens (tertiary/aromatic N) is 6. The Morgan fingerprint density at radius 2 is 1.93 bits per heavy atom. The van der Waals surface area contributed by atoms with E-state index in [1.54, 1.807) is 30.6 Å². The van der Waals surface area contributed by atoms with Gasteiger partial charge in [0.1, 0.15) is 12.4 Å². The highest BCUT2D eigenvalue weighted by molar-refractivity contribution is 7.44. The van der Waals surface area contributed by atoms with Crippen molar-refractivity contribution in [3.63, 3.8) is 0 Å². The molecule has 1 aliphatic rings. The molecule has 5 atom stereocenters. The summed E-state index contributed by atoms with van der Waals surface area (Å²) in [6.07, 6.45) is 3.22. The van der Waals surface area contributed by atoms with Crippen molar-refractivity contribution in [2.24, 2.45) is 5.92 Å². The number of amides is 1. The van der Waals surface area contributed by atoms with Crippen LogP contribution >= 0.6 is 8.53 Å². The second kappa shape index (κ2) is 13.6. The molecule has 0 aliphatic carbocycles. The number of hydrogen-bond donors (Lipinski definition) is 1. The number of hydrogen-bond acceptors (Lipinski definition) is 9. The van der Waals surface area contributed by atoms with Gasteiger partial charge in [-0.2, -0.15) is 5.26 Å². The summed E-state index contributed by atoms with van der Waals surface area (Å²) in [5, 5.41) is 12.0. The average molecular weight is 568 g/mol. The highest BCUT2D eigenvalue weighted by Gasteiger charge is 2.46. The molecule has 11 nitrogen and oxygen atoms in total. The van der Waals surface area contributed by atoms with Crippen molar-refractivity contribution in [1.29, 1.82) is 5.26 Å². The van der Waals surface area contributed by atoms with E-state index in [-0.39, 0.29) is 49.1 Å². The van der Waals surface area contributed by atoms with Crippen LogP contribution in [0, 0.1) is 17.2 Å². The maximum absolute atomic E-state index is 12.8. The van der Waals surface area contributed by atoms with E-state index in [4.69, 9.17) is 19.0 Å². The van der Waals surface area contributed by atoms with E-state index in [2.05, 4.69) is 72.6 Å². The molecule has 0 saturated carbocycles. The summed E-state index contributed by atoms with van der Waals surface area (Å²) < 4.78 is 23.6. The molecular weight excluding hydrogens is 529 g/mol. The minimum Gasteiger partial charge on any atom is -0.352 e. The van der Waals surface area contributed by atoms with E-state index in [9.17, 15) is 4.79 Å². The molecule has 0 bridgehead atoms. The van der Waals surface area contributed by atoms with Crippen LogP contribution in [0.5, 0.6) is 0 Å².